The molecule has 0 aliphatic rings. The topological polar surface area (TPSA) is 15.3 Å². The largest absolute Gasteiger partial charge is 0.309 e. The Kier molecular flexibility index (Phi) is 5.84. The molecule has 0 saturated heterocycles. The number of aryl methyl sites for hydroxylation is 1. The Morgan fingerprint density at radius 1 is 1.32 bits per heavy atom. The predicted octanol–water partition coefficient (Wildman–Crippen LogP) is 4.03. The third kappa shape index (κ3) is 3.50. The lowest BCUT2D eigenvalue weighted by atomic mass is 9.83. The molecule has 1 N–H and O–H groups in total. The Hall–Kier alpha value is -0.570. The lowest BCUT2D eigenvalue weighted by Gasteiger charge is -2.43. The molecule has 0 amide bonds. The van der Waals surface area contributed by atoms with Crippen molar-refractivity contribution in [3.63, 3.8) is 0 Å². The summed E-state index contributed by atoms with van der Waals surface area (Å²) in [5, 5.41) is 4.46. The van der Waals surface area contributed by atoms with E-state index in [0.717, 1.165) is 23.6 Å². The Labute approximate surface area is 123 Å². The van der Waals surface area contributed by atoms with Crippen LogP contribution >= 0.6 is 11.6 Å². The Bertz CT molecular complexity index is 417. The van der Waals surface area contributed by atoms with Gasteiger partial charge in [-0.2, -0.15) is 0 Å². The maximum absolute atomic E-state index is 6.29. The van der Waals surface area contributed by atoms with Crippen LogP contribution in [0.1, 0.15) is 44.4 Å². The molecule has 2 unspecified atom stereocenters. The summed E-state index contributed by atoms with van der Waals surface area (Å²) in [5.74, 6) is 0. The second-order valence-electron chi connectivity index (χ2n) is 5.60. The summed E-state index contributed by atoms with van der Waals surface area (Å²) >= 11 is 6.29. The molecule has 108 valence electrons. The molecule has 0 saturated carbocycles. The summed E-state index contributed by atoms with van der Waals surface area (Å²) in [4.78, 5) is 2.30. The highest BCUT2D eigenvalue weighted by Crippen LogP contribution is 2.34. The van der Waals surface area contributed by atoms with Crippen molar-refractivity contribution >= 4 is 11.6 Å². The molecule has 1 aromatic rings. The number of benzene rings is 1. The molecule has 0 aliphatic heterocycles. The molecule has 2 nitrogen and oxygen atoms in total. The van der Waals surface area contributed by atoms with Gasteiger partial charge in [0.05, 0.1) is 6.04 Å². The van der Waals surface area contributed by atoms with Crippen molar-refractivity contribution in [2.24, 2.45) is 0 Å². The number of likely N-dealkylation sites (N-methyl/N-ethyl adjacent to an activating group) is 2. The average molecular weight is 283 g/mol. The normalized spacial score (nSPS) is 16.4. The minimum atomic E-state index is 0.0641. The van der Waals surface area contributed by atoms with E-state index in [1.807, 2.05) is 6.92 Å². The van der Waals surface area contributed by atoms with Gasteiger partial charge < -0.3 is 10.2 Å². The molecule has 0 aromatic heterocycles. The van der Waals surface area contributed by atoms with Crippen LogP contribution in [0.2, 0.25) is 5.02 Å². The van der Waals surface area contributed by atoms with Crippen LogP contribution in [0.15, 0.2) is 18.2 Å². The average Bonchev–Trinajstić information content (AvgIpc) is 2.38. The van der Waals surface area contributed by atoms with Gasteiger partial charge in [-0.05, 0) is 58.1 Å². The van der Waals surface area contributed by atoms with Gasteiger partial charge >= 0.3 is 0 Å². The van der Waals surface area contributed by atoms with Gasteiger partial charge in [-0.25, -0.2) is 0 Å². The Balaban J connectivity index is 3.22. The van der Waals surface area contributed by atoms with E-state index in [1.165, 1.54) is 5.56 Å². The van der Waals surface area contributed by atoms with Crippen LogP contribution in [-0.4, -0.2) is 31.1 Å². The van der Waals surface area contributed by atoms with Crippen LogP contribution in [0.5, 0.6) is 0 Å². The van der Waals surface area contributed by atoms with Gasteiger partial charge in [-0.15, -0.1) is 0 Å². The number of hydrogen-bond donors (Lipinski definition) is 1. The highest BCUT2D eigenvalue weighted by Gasteiger charge is 2.35. The van der Waals surface area contributed by atoms with Crippen LogP contribution < -0.4 is 5.32 Å². The highest BCUT2D eigenvalue weighted by molar-refractivity contribution is 6.31. The van der Waals surface area contributed by atoms with E-state index in [2.05, 4.69) is 63.3 Å². The monoisotopic (exact) mass is 282 g/mol. The molecular weight excluding hydrogens is 256 g/mol. The zero-order chi connectivity index (χ0) is 14.6. The lowest BCUT2D eigenvalue weighted by molar-refractivity contribution is 0.113. The zero-order valence-electron chi connectivity index (χ0n) is 13.0. The van der Waals surface area contributed by atoms with Gasteiger partial charge in [-0.1, -0.05) is 37.6 Å². The number of nitrogens with one attached hydrogen (secondary N) is 1. The molecule has 0 aliphatic carbocycles. The third-order valence-electron chi connectivity index (χ3n) is 4.30. The SMILES string of the molecule is CCNC(c1ccc(C)c(Cl)c1)C(C)(CC)N(C)C. The van der Waals surface area contributed by atoms with Gasteiger partial charge in [0, 0.05) is 10.6 Å². The fraction of sp³-hybridized carbons (Fsp3) is 0.625. The smallest absolute Gasteiger partial charge is 0.0504 e. The predicted molar refractivity (Wildman–Crippen MR) is 85.0 cm³/mol. The van der Waals surface area contributed by atoms with Gasteiger partial charge in [0.25, 0.3) is 0 Å². The summed E-state index contributed by atoms with van der Waals surface area (Å²) in [7, 11) is 4.28. The summed E-state index contributed by atoms with van der Waals surface area (Å²) in [5.41, 5.74) is 2.45. The molecule has 0 fully saturated rings. The van der Waals surface area contributed by atoms with Crippen molar-refractivity contribution in [2.75, 3.05) is 20.6 Å². The van der Waals surface area contributed by atoms with Gasteiger partial charge in [0.15, 0.2) is 0 Å². The first-order valence-electron chi connectivity index (χ1n) is 7.03. The molecule has 2 atom stereocenters. The number of rotatable bonds is 6. The van der Waals surface area contributed by atoms with Crippen LogP contribution in [0, 0.1) is 6.92 Å². The standard InChI is InChI=1S/C16H27ClN2/c1-7-16(4,19(5)6)15(18-8-2)13-10-9-12(3)14(17)11-13/h9-11,15,18H,7-8H2,1-6H3. The summed E-state index contributed by atoms with van der Waals surface area (Å²) in [6.07, 6.45) is 1.07. The molecule has 0 radical (unpaired) electrons. The van der Waals surface area contributed by atoms with Crippen LogP contribution in [-0.2, 0) is 0 Å². The molecule has 0 bridgehead atoms. The molecule has 0 heterocycles. The van der Waals surface area contributed by atoms with Gasteiger partial charge in [-0.3, -0.25) is 0 Å². The highest BCUT2D eigenvalue weighted by atomic mass is 35.5. The first-order chi connectivity index (χ1) is 8.86. The first-order valence-corrected chi connectivity index (χ1v) is 7.41. The quantitative estimate of drug-likeness (QED) is 0.847. The van der Waals surface area contributed by atoms with Crippen molar-refractivity contribution in [2.45, 2.75) is 45.7 Å². The van der Waals surface area contributed by atoms with E-state index in [0.29, 0.717) is 0 Å². The number of nitrogens with zero attached hydrogens (tertiary/aromatic N) is 1. The Morgan fingerprint density at radius 2 is 1.95 bits per heavy atom. The van der Waals surface area contributed by atoms with E-state index >= 15 is 0 Å². The number of halogens is 1. The minimum Gasteiger partial charge on any atom is -0.309 e. The van der Waals surface area contributed by atoms with E-state index in [9.17, 15) is 0 Å². The van der Waals surface area contributed by atoms with Crippen LogP contribution in [0.4, 0.5) is 0 Å². The zero-order valence-corrected chi connectivity index (χ0v) is 13.8. The fourth-order valence-electron chi connectivity index (χ4n) is 2.47. The van der Waals surface area contributed by atoms with Crippen LogP contribution in [0.25, 0.3) is 0 Å². The molecule has 19 heavy (non-hydrogen) atoms. The summed E-state index contributed by atoms with van der Waals surface area (Å²) in [6, 6.07) is 6.66. The van der Waals surface area contributed by atoms with Crippen molar-refractivity contribution in [3.8, 4) is 0 Å². The molecule has 1 aromatic carbocycles. The van der Waals surface area contributed by atoms with Crippen molar-refractivity contribution in [3.05, 3.63) is 34.3 Å². The fourth-order valence-corrected chi connectivity index (χ4v) is 2.66. The van der Waals surface area contributed by atoms with Crippen molar-refractivity contribution in [1.82, 2.24) is 10.2 Å². The molecular formula is C16H27ClN2. The van der Waals surface area contributed by atoms with E-state index in [4.69, 9.17) is 11.6 Å². The van der Waals surface area contributed by atoms with Crippen LogP contribution in [0.3, 0.4) is 0 Å². The van der Waals surface area contributed by atoms with Crippen molar-refractivity contribution in [1.29, 1.82) is 0 Å². The maximum Gasteiger partial charge on any atom is 0.0504 e. The molecule has 3 heteroatoms. The Morgan fingerprint density at radius 3 is 2.37 bits per heavy atom. The molecule has 0 spiro atoms. The van der Waals surface area contributed by atoms with E-state index in [1.54, 1.807) is 0 Å². The van der Waals surface area contributed by atoms with Crippen molar-refractivity contribution < 1.29 is 0 Å². The molecule has 1 rings (SSSR count). The second-order valence-corrected chi connectivity index (χ2v) is 6.01. The van der Waals surface area contributed by atoms with E-state index < -0.39 is 0 Å². The van der Waals surface area contributed by atoms with E-state index in [-0.39, 0.29) is 11.6 Å². The first kappa shape index (κ1) is 16.5. The second kappa shape index (κ2) is 6.74. The minimum absolute atomic E-state index is 0.0641. The maximum atomic E-state index is 6.29. The lowest BCUT2D eigenvalue weighted by Crippen LogP contribution is -2.51. The van der Waals surface area contributed by atoms with Gasteiger partial charge in [0.2, 0.25) is 0 Å². The number of hydrogen-bond acceptors (Lipinski definition) is 2. The summed E-state index contributed by atoms with van der Waals surface area (Å²) < 4.78 is 0. The van der Waals surface area contributed by atoms with Gasteiger partial charge in [0.1, 0.15) is 0 Å². The third-order valence-corrected chi connectivity index (χ3v) is 4.70. The summed E-state index contributed by atoms with van der Waals surface area (Å²) in [6.45, 7) is 9.67.